The minimum atomic E-state index is -0.757. The normalized spacial score (nSPS) is 16.7. The number of carbonyl (C=O) groups is 2. The zero-order chi connectivity index (χ0) is 13.7. The van der Waals surface area contributed by atoms with E-state index < -0.39 is 5.97 Å². The fourth-order valence-electron chi connectivity index (χ4n) is 2.18. The van der Waals surface area contributed by atoms with E-state index in [4.69, 9.17) is 5.11 Å². The Bertz CT molecular complexity index is 473. The predicted molar refractivity (Wildman–Crippen MR) is 72.4 cm³/mol. The fourth-order valence-corrected chi connectivity index (χ4v) is 2.18. The first-order valence-electron chi connectivity index (χ1n) is 6.41. The third-order valence-corrected chi connectivity index (χ3v) is 3.37. The summed E-state index contributed by atoms with van der Waals surface area (Å²) in [6.45, 7) is 1.05. The number of hydrogen-bond acceptors (Lipinski definition) is 2. The van der Waals surface area contributed by atoms with Crippen LogP contribution in [0.2, 0.25) is 0 Å². The molecule has 1 aliphatic rings. The number of rotatable bonds is 3. The Balaban J connectivity index is 1.88. The highest BCUT2D eigenvalue weighted by atomic mass is 16.4. The van der Waals surface area contributed by atoms with E-state index in [0.717, 1.165) is 5.56 Å². The number of nitrogens with zero attached hydrogens (tertiary/aromatic N) is 1. The first-order valence-corrected chi connectivity index (χ1v) is 6.41. The van der Waals surface area contributed by atoms with E-state index in [1.165, 1.54) is 0 Å². The second-order valence-corrected chi connectivity index (χ2v) is 4.68. The second kappa shape index (κ2) is 6.18. The summed E-state index contributed by atoms with van der Waals surface area (Å²) in [6, 6.07) is 9.63. The van der Waals surface area contributed by atoms with E-state index in [1.807, 2.05) is 30.3 Å². The maximum absolute atomic E-state index is 11.9. The van der Waals surface area contributed by atoms with Crippen molar-refractivity contribution < 1.29 is 14.7 Å². The molecule has 2 rings (SSSR count). The van der Waals surface area contributed by atoms with Gasteiger partial charge in [0.25, 0.3) is 0 Å². The van der Waals surface area contributed by atoms with Gasteiger partial charge in [0.1, 0.15) is 0 Å². The van der Waals surface area contributed by atoms with Crippen molar-refractivity contribution in [2.75, 3.05) is 13.1 Å². The van der Waals surface area contributed by atoms with Crippen LogP contribution in [0.5, 0.6) is 0 Å². The Kier molecular flexibility index (Phi) is 4.34. The molecule has 1 fully saturated rings. The average molecular weight is 259 g/mol. The fraction of sp³-hybridized carbons (Fsp3) is 0.333. The molecule has 0 bridgehead atoms. The van der Waals surface area contributed by atoms with Crippen molar-refractivity contribution in [3.05, 3.63) is 42.0 Å². The Morgan fingerprint density at radius 3 is 2.37 bits per heavy atom. The topological polar surface area (TPSA) is 57.6 Å². The molecule has 4 nitrogen and oxygen atoms in total. The van der Waals surface area contributed by atoms with Crippen LogP contribution in [0.4, 0.5) is 0 Å². The van der Waals surface area contributed by atoms with Crippen LogP contribution in [0.3, 0.4) is 0 Å². The number of aliphatic carboxylic acids is 1. The van der Waals surface area contributed by atoms with Crippen LogP contribution >= 0.6 is 0 Å². The summed E-state index contributed by atoms with van der Waals surface area (Å²) < 4.78 is 0. The molecule has 0 radical (unpaired) electrons. The monoisotopic (exact) mass is 259 g/mol. The lowest BCUT2D eigenvalue weighted by molar-refractivity contribution is -0.144. The quantitative estimate of drug-likeness (QED) is 0.845. The lowest BCUT2D eigenvalue weighted by Crippen LogP contribution is -2.39. The van der Waals surface area contributed by atoms with Gasteiger partial charge in [-0.15, -0.1) is 0 Å². The Morgan fingerprint density at radius 1 is 1.16 bits per heavy atom. The van der Waals surface area contributed by atoms with Crippen LogP contribution in [-0.2, 0) is 9.59 Å². The summed E-state index contributed by atoms with van der Waals surface area (Å²) in [5.74, 6) is -1.11. The Morgan fingerprint density at radius 2 is 1.79 bits per heavy atom. The summed E-state index contributed by atoms with van der Waals surface area (Å²) in [6.07, 6.45) is 4.42. The maximum atomic E-state index is 11.9. The lowest BCUT2D eigenvalue weighted by atomic mass is 9.97. The van der Waals surface area contributed by atoms with Crippen LogP contribution in [0.25, 0.3) is 6.08 Å². The molecule has 1 saturated heterocycles. The Hall–Kier alpha value is -2.10. The van der Waals surface area contributed by atoms with Gasteiger partial charge in [-0.05, 0) is 24.5 Å². The van der Waals surface area contributed by atoms with E-state index in [1.54, 1.807) is 17.1 Å². The molecule has 0 atom stereocenters. The molecule has 0 spiro atoms. The molecule has 0 aromatic heterocycles. The molecule has 0 aliphatic carbocycles. The summed E-state index contributed by atoms with van der Waals surface area (Å²) in [5, 5.41) is 8.90. The first kappa shape index (κ1) is 13.3. The standard InChI is InChI=1S/C15H17NO3/c17-14(7-6-12-4-2-1-3-5-12)16-10-8-13(9-11-16)15(18)19/h1-7,13H,8-11H2,(H,18,19)/b7-6+. The number of carboxylic acids is 1. The van der Waals surface area contributed by atoms with Crippen molar-refractivity contribution in [3.63, 3.8) is 0 Å². The van der Waals surface area contributed by atoms with Gasteiger partial charge in [-0.2, -0.15) is 0 Å². The van der Waals surface area contributed by atoms with E-state index in [9.17, 15) is 9.59 Å². The van der Waals surface area contributed by atoms with Crippen molar-refractivity contribution >= 4 is 18.0 Å². The minimum absolute atomic E-state index is 0.0484. The SMILES string of the molecule is O=C(O)C1CCN(C(=O)/C=C/c2ccccc2)CC1. The molecule has 0 saturated carbocycles. The van der Waals surface area contributed by atoms with Gasteiger partial charge in [-0.25, -0.2) is 0 Å². The largest absolute Gasteiger partial charge is 0.481 e. The zero-order valence-electron chi connectivity index (χ0n) is 10.7. The lowest BCUT2D eigenvalue weighted by Gasteiger charge is -2.29. The van der Waals surface area contributed by atoms with Crippen molar-refractivity contribution in [1.29, 1.82) is 0 Å². The van der Waals surface area contributed by atoms with Gasteiger partial charge >= 0.3 is 5.97 Å². The van der Waals surface area contributed by atoms with Crippen LogP contribution in [0, 0.1) is 5.92 Å². The highest BCUT2D eigenvalue weighted by Gasteiger charge is 2.25. The second-order valence-electron chi connectivity index (χ2n) is 4.68. The van der Waals surface area contributed by atoms with Crippen LogP contribution in [-0.4, -0.2) is 35.0 Å². The molecule has 1 N–H and O–H groups in total. The Labute approximate surface area is 112 Å². The summed E-state index contributed by atoms with van der Waals surface area (Å²) >= 11 is 0. The summed E-state index contributed by atoms with van der Waals surface area (Å²) in [5.41, 5.74) is 0.983. The number of amides is 1. The molecule has 1 aromatic rings. The highest BCUT2D eigenvalue weighted by Crippen LogP contribution is 2.17. The molecule has 1 aliphatic heterocycles. The maximum Gasteiger partial charge on any atom is 0.306 e. The van der Waals surface area contributed by atoms with Crippen molar-refractivity contribution in [2.24, 2.45) is 5.92 Å². The molecule has 1 amide bonds. The number of likely N-dealkylation sites (tertiary alicyclic amines) is 1. The molecular weight excluding hydrogens is 242 g/mol. The molecule has 4 heteroatoms. The molecule has 19 heavy (non-hydrogen) atoms. The molecule has 0 unspecified atom stereocenters. The number of carboxylic acid groups (broad SMARTS) is 1. The van der Waals surface area contributed by atoms with Gasteiger partial charge in [0, 0.05) is 19.2 Å². The van der Waals surface area contributed by atoms with Crippen molar-refractivity contribution in [3.8, 4) is 0 Å². The van der Waals surface area contributed by atoms with Gasteiger partial charge in [-0.3, -0.25) is 9.59 Å². The first-order chi connectivity index (χ1) is 9.16. The minimum Gasteiger partial charge on any atom is -0.481 e. The summed E-state index contributed by atoms with van der Waals surface area (Å²) in [7, 11) is 0. The van der Waals surface area contributed by atoms with E-state index in [-0.39, 0.29) is 11.8 Å². The number of carbonyl (C=O) groups excluding carboxylic acids is 1. The number of piperidine rings is 1. The van der Waals surface area contributed by atoms with Crippen LogP contribution < -0.4 is 0 Å². The van der Waals surface area contributed by atoms with E-state index in [0.29, 0.717) is 25.9 Å². The van der Waals surface area contributed by atoms with Gasteiger partial charge in [0.05, 0.1) is 5.92 Å². The van der Waals surface area contributed by atoms with Crippen LogP contribution in [0.15, 0.2) is 36.4 Å². The smallest absolute Gasteiger partial charge is 0.306 e. The van der Waals surface area contributed by atoms with E-state index in [2.05, 4.69) is 0 Å². The summed E-state index contributed by atoms with van der Waals surface area (Å²) in [4.78, 5) is 24.5. The highest BCUT2D eigenvalue weighted by molar-refractivity contribution is 5.91. The van der Waals surface area contributed by atoms with Gasteiger partial charge in [-0.1, -0.05) is 30.3 Å². The van der Waals surface area contributed by atoms with Crippen molar-refractivity contribution in [1.82, 2.24) is 4.90 Å². The molecular formula is C15H17NO3. The number of hydrogen-bond donors (Lipinski definition) is 1. The van der Waals surface area contributed by atoms with E-state index >= 15 is 0 Å². The number of benzene rings is 1. The van der Waals surface area contributed by atoms with Crippen LogP contribution in [0.1, 0.15) is 18.4 Å². The van der Waals surface area contributed by atoms with Gasteiger partial charge in [0.15, 0.2) is 0 Å². The van der Waals surface area contributed by atoms with Gasteiger partial charge in [0.2, 0.25) is 5.91 Å². The third-order valence-electron chi connectivity index (χ3n) is 3.37. The van der Waals surface area contributed by atoms with Gasteiger partial charge < -0.3 is 10.0 Å². The molecule has 1 heterocycles. The third kappa shape index (κ3) is 3.68. The zero-order valence-corrected chi connectivity index (χ0v) is 10.7. The molecule has 1 aromatic carbocycles. The van der Waals surface area contributed by atoms with Crippen molar-refractivity contribution in [2.45, 2.75) is 12.8 Å². The average Bonchev–Trinajstić information content (AvgIpc) is 2.46. The molecule has 100 valence electrons. The predicted octanol–water partition coefficient (Wildman–Crippen LogP) is 2.02.